The molecule has 5 heteroatoms. The average molecular weight is 325 g/mol. The Kier molecular flexibility index (Phi) is 4.79. The Balaban J connectivity index is 1.65. The van der Waals surface area contributed by atoms with Gasteiger partial charge in [0.05, 0.1) is 5.69 Å². The number of aromatic amines is 1. The number of hydrogen-bond acceptors (Lipinski definition) is 3. The highest BCUT2D eigenvalue weighted by Crippen LogP contribution is 2.22. The van der Waals surface area contributed by atoms with Gasteiger partial charge in [0, 0.05) is 13.1 Å². The van der Waals surface area contributed by atoms with Crippen molar-refractivity contribution >= 4 is 5.91 Å². The lowest BCUT2D eigenvalue weighted by Gasteiger charge is -2.32. The number of piperidine rings is 1. The highest BCUT2D eigenvalue weighted by molar-refractivity contribution is 5.94. The maximum absolute atomic E-state index is 12.7. The van der Waals surface area contributed by atoms with E-state index < -0.39 is 0 Å². The van der Waals surface area contributed by atoms with Crippen molar-refractivity contribution in [3.05, 3.63) is 63.3 Å². The summed E-state index contributed by atoms with van der Waals surface area (Å²) in [7, 11) is 0. The molecular formula is C19H23N3O2. The van der Waals surface area contributed by atoms with Gasteiger partial charge in [0.2, 0.25) is 0 Å². The van der Waals surface area contributed by atoms with E-state index in [-0.39, 0.29) is 17.0 Å². The highest BCUT2D eigenvalue weighted by atomic mass is 16.2. The normalized spacial score (nSPS) is 15.5. The zero-order chi connectivity index (χ0) is 17.1. The van der Waals surface area contributed by atoms with Crippen LogP contribution < -0.4 is 5.56 Å². The number of likely N-dealkylation sites (tertiary alicyclic amines) is 1. The third kappa shape index (κ3) is 3.55. The molecule has 24 heavy (non-hydrogen) atoms. The molecule has 1 N–H and O–H groups in total. The van der Waals surface area contributed by atoms with Gasteiger partial charge < -0.3 is 9.88 Å². The zero-order valence-electron chi connectivity index (χ0n) is 14.2. The molecule has 0 aliphatic carbocycles. The number of nitrogens with zero attached hydrogens (tertiary/aromatic N) is 2. The molecule has 0 spiro atoms. The summed E-state index contributed by atoms with van der Waals surface area (Å²) in [4.78, 5) is 33.4. The van der Waals surface area contributed by atoms with Gasteiger partial charge in [-0.25, -0.2) is 4.98 Å². The average Bonchev–Trinajstić information content (AvgIpc) is 2.55. The highest BCUT2D eigenvalue weighted by Gasteiger charge is 2.26. The monoisotopic (exact) mass is 325 g/mol. The van der Waals surface area contributed by atoms with E-state index in [9.17, 15) is 9.59 Å². The van der Waals surface area contributed by atoms with Crippen molar-refractivity contribution in [2.24, 2.45) is 5.92 Å². The zero-order valence-corrected chi connectivity index (χ0v) is 14.2. The van der Waals surface area contributed by atoms with Crippen molar-refractivity contribution in [1.82, 2.24) is 14.9 Å². The van der Waals surface area contributed by atoms with Gasteiger partial charge >= 0.3 is 0 Å². The molecule has 0 bridgehead atoms. The molecule has 1 saturated heterocycles. The van der Waals surface area contributed by atoms with Crippen molar-refractivity contribution in [2.75, 3.05) is 13.1 Å². The molecule has 2 aromatic rings. The SMILES string of the molecule is Cc1nc(C)c(C(=O)N2CCC(Cc3ccccc3)CC2)c(=O)[nH]1. The topological polar surface area (TPSA) is 66.1 Å². The van der Waals surface area contributed by atoms with E-state index >= 15 is 0 Å². The van der Waals surface area contributed by atoms with Gasteiger partial charge in [0.1, 0.15) is 11.4 Å². The third-order valence-electron chi connectivity index (χ3n) is 4.70. The Morgan fingerprint density at radius 3 is 2.50 bits per heavy atom. The Bertz CT molecular complexity index is 775. The summed E-state index contributed by atoms with van der Waals surface area (Å²) in [6, 6.07) is 10.5. The van der Waals surface area contributed by atoms with Crippen LogP contribution in [0.2, 0.25) is 0 Å². The lowest BCUT2D eigenvalue weighted by atomic mass is 9.90. The summed E-state index contributed by atoms with van der Waals surface area (Å²) in [5, 5.41) is 0. The van der Waals surface area contributed by atoms with Gasteiger partial charge in [0.25, 0.3) is 11.5 Å². The third-order valence-corrected chi connectivity index (χ3v) is 4.70. The second kappa shape index (κ2) is 6.99. The summed E-state index contributed by atoms with van der Waals surface area (Å²) < 4.78 is 0. The lowest BCUT2D eigenvalue weighted by molar-refractivity contribution is 0.0687. The second-order valence-corrected chi connectivity index (χ2v) is 6.54. The fourth-order valence-electron chi connectivity index (χ4n) is 3.42. The first kappa shape index (κ1) is 16.4. The summed E-state index contributed by atoms with van der Waals surface area (Å²) in [5.74, 6) is 0.932. The van der Waals surface area contributed by atoms with Crippen LogP contribution in [0.25, 0.3) is 0 Å². The molecule has 3 rings (SSSR count). The van der Waals surface area contributed by atoms with E-state index in [1.807, 2.05) is 6.07 Å². The van der Waals surface area contributed by atoms with Crippen molar-refractivity contribution in [3.8, 4) is 0 Å². The Morgan fingerprint density at radius 1 is 1.21 bits per heavy atom. The lowest BCUT2D eigenvalue weighted by Crippen LogP contribution is -2.41. The first-order valence-electron chi connectivity index (χ1n) is 8.45. The Labute approximate surface area is 141 Å². The predicted octanol–water partition coefficient (Wildman–Crippen LogP) is 2.48. The number of carbonyl (C=O) groups is 1. The predicted molar refractivity (Wildman–Crippen MR) is 93.1 cm³/mol. The molecule has 1 aliphatic heterocycles. The number of H-pyrrole nitrogens is 1. The van der Waals surface area contributed by atoms with Gasteiger partial charge in [-0.15, -0.1) is 0 Å². The summed E-state index contributed by atoms with van der Waals surface area (Å²) in [6.45, 7) is 4.83. The van der Waals surface area contributed by atoms with E-state index in [4.69, 9.17) is 0 Å². The number of carbonyl (C=O) groups excluding carboxylic acids is 1. The molecule has 1 aromatic carbocycles. The van der Waals surface area contributed by atoms with E-state index in [0.29, 0.717) is 30.5 Å². The molecular weight excluding hydrogens is 302 g/mol. The number of nitrogens with one attached hydrogen (secondary N) is 1. The summed E-state index contributed by atoms with van der Waals surface area (Å²) >= 11 is 0. The van der Waals surface area contributed by atoms with Crippen LogP contribution in [0.4, 0.5) is 0 Å². The second-order valence-electron chi connectivity index (χ2n) is 6.54. The summed E-state index contributed by atoms with van der Waals surface area (Å²) in [6.07, 6.45) is 2.99. The van der Waals surface area contributed by atoms with E-state index in [1.54, 1.807) is 18.7 Å². The van der Waals surface area contributed by atoms with Crippen LogP contribution in [-0.4, -0.2) is 33.9 Å². The molecule has 1 amide bonds. The molecule has 0 unspecified atom stereocenters. The van der Waals surface area contributed by atoms with E-state index in [1.165, 1.54) is 5.56 Å². The molecule has 5 nitrogen and oxygen atoms in total. The maximum Gasteiger partial charge on any atom is 0.264 e. The van der Waals surface area contributed by atoms with Crippen LogP contribution >= 0.6 is 0 Å². The van der Waals surface area contributed by atoms with Gasteiger partial charge in [-0.3, -0.25) is 9.59 Å². The molecule has 1 fully saturated rings. The number of aromatic nitrogens is 2. The van der Waals surface area contributed by atoms with Crippen molar-refractivity contribution in [1.29, 1.82) is 0 Å². The minimum Gasteiger partial charge on any atom is -0.338 e. The molecule has 126 valence electrons. The minimum atomic E-state index is -0.337. The Hall–Kier alpha value is -2.43. The smallest absolute Gasteiger partial charge is 0.264 e. The number of rotatable bonds is 3. The number of amides is 1. The van der Waals surface area contributed by atoms with Crippen LogP contribution in [0, 0.1) is 19.8 Å². The van der Waals surface area contributed by atoms with Gasteiger partial charge in [-0.05, 0) is 44.6 Å². The van der Waals surface area contributed by atoms with E-state index in [2.05, 4.69) is 34.2 Å². The quantitative estimate of drug-likeness (QED) is 0.943. The van der Waals surface area contributed by atoms with Gasteiger partial charge in [-0.2, -0.15) is 0 Å². The molecule has 0 radical (unpaired) electrons. The number of aryl methyl sites for hydroxylation is 2. The standard InChI is InChI=1S/C19H23N3O2/c1-13-17(18(23)21-14(2)20-13)19(24)22-10-8-16(9-11-22)12-15-6-4-3-5-7-15/h3-7,16H,8-12H2,1-2H3,(H,20,21,23). The maximum atomic E-state index is 12.7. The van der Waals surface area contributed by atoms with Crippen LogP contribution in [-0.2, 0) is 6.42 Å². The summed E-state index contributed by atoms with van der Waals surface area (Å²) in [5.41, 5.74) is 1.70. The molecule has 0 atom stereocenters. The molecule has 1 aliphatic rings. The fraction of sp³-hybridized carbons (Fsp3) is 0.421. The van der Waals surface area contributed by atoms with Crippen LogP contribution in [0.15, 0.2) is 35.1 Å². The van der Waals surface area contributed by atoms with Crippen molar-refractivity contribution in [3.63, 3.8) is 0 Å². The Morgan fingerprint density at radius 2 is 1.88 bits per heavy atom. The van der Waals surface area contributed by atoms with Crippen LogP contribution in [0.1, 0.15) is 40.3 Å². The first-order valence-corrected chi connectivity index (χ1v) is 8.45. The molecule has 2 heterocycles. The van der Waals surface area contributed by atoms with Gasteiger partial charge in [-0.1, -0.05) is 30.3 Å². The minimum absolute atomic E-state index is 0.183. The molecule has 0 saturated carbocycles. The van der Waals surface area contributed by atoms with Crippen molar-refractivity contribution in [2.45, 2.75) is 33.1 Å². The van der Waals surface area contributed by atoms with Crippen molar-refractivity contribution < 1.29 is 4.79 Å². The molecule has 1 aromatic heterocycles. The fourth-order valence-corrected chi connectivity index (χ4v) is 3.42. The van der Waals surface area contributed by atoms with Crippen LogP contribution in [0.3, 0.4) is 0 Å². The number of hydrogen-bond donors (Lipinski definition) is 1. The first-order chi connectivity index (χ1) is 11.5. The number of benzene rings is 1. The van der Waals surface area contributed by atoms with E-state index in [0.717, 1.165) is 19.3 Å². The van der Waals surface area contributed by atoms with Gasteiger partial charge in [0.15, 0.2) is 0 Å². The largest absolute Gasteiger partial charge is 0.338 e. The van der Waals surface area contributed by atoms with Crippen LogP contribution in [0.5, 0.6) is 0 Å².